The first-order valence-electron chi connectivity index (χ1n) is 10.6. The molecular weight excluding hydrogens is 462 g/mol. The molecule has 1 fully saturated rings. The molecule has 7 nitrogen and oxygen atoms in total. The molecule has 2 aromatic heterocycles. The van der Waals surface area contributed by atoms with E-state index in [2.05, 4.69) is 15.4 Å². The Labute approximate surface area is 194 Å². The van der Waals surface area contributed by atoms with Crippen molar-refractivity contribution in [2.24, 2.45) is 0 Å². The molecule has 0 radical (unpaired) electrons. The Morgan fingerprint density at radius 1 is 1.12 bits per heavy atom. The van der Waals surface area contributed by atoms with Crippen molar-refractivity contribution in [1.82, 2.24) is 20.1 Å². The highest BCUT2D eigenvalue weighted by molar-refractivity contribution is 7.91. The zero-order valence-corrected chi connectivity index (χ0v) is 18.9. The van der Waals surface area contributed by atoms with E-state index in [1.807, 2.05) is 0 Å². The van der Waals surface area contributed by atoms with Crippen LogP contribution in [0.4, 0.5) is 8.78 Å². The number of benzene rings is 2. The van der Waals surface area contributed by atoms with Crippen molar-refractivity contribution in [2.45, 2.75) is 18.9 Å². The Balaban J connectivity index is 1.62. The van der Waals surface area contributed by atoms with E-state index in [0.29, 0.717) is 34.3 Å². The number of aromatic nitrogens is 3. The minimum absolute atomic E-state index is 0.0280. The lowest BCUT2D eigenvalue weighted by Gasteiger charge is -2.23. The average Bonchev–Trinajstić information content (AvgIpc) is 3.30. The summed E-state index contributed by atoms with van der Waals surface area (Å²) in [6.45, 7) is 1.71. The lowest BCUT2D eigenvalue weighted by Crippen LogP contribution is -2.46. The summed E-state index contributed by atoms with van der Waals surface area (Å²) in [6, 6.07) is 13.6. The summed E-state index contributed by atoms with van der Waals surface area (Å²) in [5, 5.41) is 7.97. The Kier molecular flexibility index (Phi) is 5.20. The molecule has 2 aromatic carbocycles. The fourth-order valence-corrected chi connectivity index (χ4v) is 6.35. The van der Waals surface area contributed by atoms with Crippen LogP contribution >= 0.6 is 0 Å². The van der Waals surface area contributed by atoms with E-state index in [0.717, 1.165) is 0 Å². The van der Waals surface area contributed by atoms with E-state index in [9.17, 15) is 22.0 Å². The summed E-state index contributed by atoms with van der Waals surface area (Å²) in [6.07, 6.45) is 1.67. The van der Waals surface area contributed by atoms with Crippen LogP contribution in [0.1, 0.15) is 23.7 Å². The van der Waals surface area contributed by atoms with Gasteiger partial charge in [0, 0.05) is 17.1 Å². The average molecular weight is 483 g/mol. The summed E-state index contributed by atoms with van der Waals surface area (Å²) in [5.74, 6) is -1.63. The van der Waals surface area contributed by atoms with Gasteiger partial charge < -0.3 is 5.32 Å². The van der Waals surface area contributed by atoms with E-state index >= 15 is 0 Å². The topological polar surface area (TPSA) is 93.9 Å². The number of carbonyl (C=O) groups excluding carboxylic acids is 1. The van der Waals surface area contributed by atoms with E-state index in [-0.39, 0.29) is 17.1 Å². The molecule has 10 heteroatoms. The molecule has 1 atom stereocenters. The van der Waals surface area contributed by atoms with Crippen molar-refractivity contribution in [1.29, 1.82) is 0 Å². The predicted molar refractivity (Wildman–Crippen MR) is 123 cm³/mol. The van der Waals surface area contributed by atoms with Crippen LogP contribution in [-0.4, -0.2) is 46.1 Å². The quantitative estimate of drug-likeness (QED) is 0.448. The van der Waals surface area contributed by atoms with Gasteiger partial charge in [0.1, 0.15) is 11.5 Å². The SMILES string of the molecule is CC1(NC(=O)c2ccc3c(-c4cccnc4F)nn(-c4ccc(F)cc4)c3c2)CCS(=O)(=O)C1. The molecule has 0 bridgehead atoms. The van der Waals surface area contributed by atoms with Crippen molar-refractivity contribution in [2.75, 3.05) is 11.5 Å². The number of halogens is 2. The van der Waals surface area contributed by atoms with Crippen molar-refractivity contribution in [3.8, 4) is 16.9 Å². The summed E-state index contributed by atoms with van der Waals surface area (Å²) in [7, 11) is -3.19. The van der Waals surface area contributed by atoms with Gasteiger partial charge in [-0.15, -0.1) is 0 Å². The largest absolute Gasteiger partial charge is 0.346 e. The second-order valence-electron chi connectivity index (χ2n) is 8.67. The van der Waals surface area contributed by atoms with E-state index in [4.69, 9.17) is 0 Å². The lowest BCUT2D eigenvalue weighted by molar-refractivity contribution is 0.0915. The van der Waals surface area contributed by atoms with Crippen LogP contribution in [0.5, 0.6) is 0 Å². The van der Waals surface area contributed by atoms with Crippen molar-refractivity contribution in [3.05, 3.63) is 78.1 Å². The standard InChI is InChI=1S/C24H20F2N4O3S/c1-24(10-12-34(32,33)14-24)28-23(31)15-4-9-18-20(13-15)30(17-7-5-16(25)6-8-17)29-21(18)19-3-2-11-27-22(19)26/h2-9,11,13H,10,12,14H2,1H3,(H,28,31). The van der Waals surface area contributed by atoms with E-state index in [1.165, 1.54) is 35.1 Å². The predicted octanol–water partition coefficient (Wildman–Crippen LogP) is 3.67. The van der Waals surface area contributed by atoms with Gasteiger partial charge >= 0.3 is 0 Å². The van der Waals surface area contributed by atoms with Crippen LogP contribution in [0.2, 0.25) is 0 Å². The molecule has 1 unspecified atom stereocenters. The van der Waals surface area contributed by atoms with E-state index < -0.39 is 33.0 Å². The lowest BCUT2D eigenvalue weighted by atomic mass is 10.0. The second kappa shape index (κ2) is 7.98. The number of nitrogens with zero attached hydrogens (tertiary/aromatic N) is 3. The zero-order valence-electron chi connectivity index (χ0n) is 18.1. The monoisotopic (exact) mass is 482 g/mol. The smallest absolute Gasteiger partial charge is 0.251 e. The van der Waals surface area contributed by atoms with Crippen LogP contribution in [0, 0.1) is 11.8 Å². The van der Waals surface area contributed by atoms with Crippen LogP contribution in [0.3, 0.4) is 0 Å². The highest BCUT2D eigenvalue weighted by Gasteiger charge is 2.39. The van der Waals surface area contributed by atoms with Gasteiger partial charge in [0.15, 0.2) is 9.84 Å². The number of nitrogens with one attached hydrogen (secondary N) is 1. The first kappa shape index (κ1) is 22.1. The number of fused-ring (bicyclic) bond motifs is 1. The molecule has 1 aliphatic heterocycles. The van der Waals surface area contributed by atoms with Crippen LogP contribution in [-0.2, 0) is 9.84 Å². The molecule has 0 saturated carbocycles. The minimum Gasteiger partial charge on any atom is -0.346 e. The van der Waals surface area contributed by atoms with E-state index in [1.54, 1.807) is 37.3 Å². The molecule has 1 N–H and O–H groups in total. The molecule has 1 amide bonds. The van der Waals surface area contributed by atoms with Crippen molar-refractivity contribution < 1.29 is 22.0 Å². The van der Waals surface area contributed by atoms with Gasteiger partial charge in [0.05, 0.1) is 33.8 Å². The van der Waals surface area contributed by atoms with Crippen LogP contribution in [0.25, 0.3) is 27.8 Å². The summed E-state index contributed by atoms with van der Waals surface area (Å²) < 4.78 is 53.3. The molecular formula is C24H20F2N4O3S. The minimum atomic E-state index is -3.19. The zero-order chi connectivity index (χ0) is 24.1. The van der Waals surface area contributed by atoms with Gasteiger partial charge in [-0.2, -0.15) is 9.49 Å². The Bertz CT molecular complexity index is 1530. The molecule has 1 aliphatic rings. The first-order valence-corrected chi connectivity index (χ1v) is 12.4. The van der Waals surface area contributed by atoms with Gasteiger partial charge in [-0.1, -0.05) is 0 Å². The number of amides is 1. The third-order valence-electron chi connectivity index (χ3n) is 5.95. The number of carbonyl (C=O) groups is 1. The van der Waals surface area contributed by atoms with Gasteiger partial charge in [0.25, 0.3) is 5.91 Å². The molecule has 4 aromatic rings. The van der Waals surface area contributed by atoms with Crippen LogP contribution < -0.4 is 5.32 Å². The molecule has 5 rings (SSSR count). The van der Waals surface area contributed by atoms with Crippen molar-refractivity contribution >= 4 is 26.6 Å². The number of pyridine rings is 1. The maximum atomic E-state index is 14.5. The van der Waals surface area contributed by atoms with Gasteiger partial charge in [0.2, 0.25) is 5.95 Å². The number of sulfone groups is 1. The van der Waals surface area contributed by atoms with Crippen molar-refractivity contribution in [3.63, 3.8) is 0 Å². The molecule has 3 heterocycles. The highest BCUT2D eigenvalue weighted by Crippen LogP contribution is 2.32. The Hall–Kier alpha value is -3.66. The third kappa shape index (κ3) is 4.05. The number of rotatable bonds is 4. The maximum Gasteiger partial charge on any atom is 0.251 e. The Morgan fingerprint density at radius 2 is 1.88 bits per heavy atom. The fraction of sp³-hybridized carbons (Fsp3) is 0.208. The molecule has 174 valence electrons. The normalized spacial score (nSPS) is 19.4. The number of hydrogen-bond donors (Lipinski definition) is 1. The number of hydrogen-bond acceptors (Lipinski definition) is 5. The summed E-state index contributed by atoms with van der Waals surface area (Å²) >= 11 is 0. The molecule has 0 spiro atoms. The summed E-state index contributed by atoms with van der Waals surface area (Å²) in [4.78, 5) is 16.7. The fourth-order valence-electron chi connectivity index (χ4n) is 4.25. The van der Waals surface area contributed by atoms with Crippen LogP contribution in [0.15, 0.2) is 60.8 Å². The highest BCUT2D eigenvalue weighted by atomic mass is 32.2. The molecule has 34 heavy (non-hydrogen) atoms. The second-order valence-corrected chi connectivity index (χ2v) is 10.9. The first-order chi connectivity index (χ1) is 16.1. The van der Waals surface area contributed by atoms with Gasteiger partial charge in [-0.3, -0.25) is 4.79 Å². The van der Waals surface area contributed by atoms with Gasteiger partial charge in [-0.25, -0.2) is 22.5 Å². The maximum absolute atomic E-state index is 14.5. The summed E-state index contributed by atoms with van der Waals surface area (Å²) in [5.41, 5.74) is 0.973. The molecule has 0 aliphatic carbocycles. The Morgan fingerprint density at radius 3 is 2.56 bits per heavy atom. The molecule has 1 saturated heterocycles. The third-order valence-corrected chi connectivity index (χ3v) is 7.85. The van der Waals surface area contributed by atoms with Gasteiger partial charge in [-0.05, 0) is 67.9 Å².